The molecule has 0 saturated heterocycles. The van der Waals surface area contributed by atoms with E-state index in [0.717, 1.165) is 15.7 Å². The number of anilines is 1. The summed E-state index contributed by atoms with van der Waals surface area (Å²) in [5.41, 5.74) is 8.19. The van der Waals surface area contributed by atoms with Gasteiger partial charge in [0.1, 0.15) is 5.82 Å². The lowest BCUT2D eigenvalue weighted by Crippen LogP contribution is -2.01. The fourth-order valence-electron chi connectivity index (χ4n) is 2.06. The van der Waals surface area contributed by atoms with Crippen LogP contribution in [0.4, 0.5) is 10.1 Å². The fraction of sp³-hybridized carbons (Fsp3) is 0.0714. The second-order valence-electron chi connectivity index (χ2n) is 4.64. The number of hydrogen-bond donors (Lipinski definition) is 1. The lowest BCUT2D eigenvalue weighted by Gasteiger charge is -2.07. The van der Waals surface area contributed by atoms with Crippen molar-refractivity contribution in [3.8, 4) is 17.1 Å². The highest BCUT2D eigenvalue weighted by molar-refractivity contribution is 9.10. The standard InChI is InChI=1S/C14H11BrFN5/c1-8-4-10(15)7-11(5-8)21-14(18-19-20-21)9-2-3-12(16)13(17)6-9/h2-7H,17H2,1H3. The van der Waals surface area contributed by atoms with Crippen LogP contribution in [0.2, 0.25) is 0 Å². The molecule has 1 heterocycles. The Morgan fingerprint density at radius 2 is 2.00 bits per heavy atom. The number of halogens is 2. The Balaban J connectivity index is 2.14. The van der Waals surface area contributed by atoms with Gasteiger partial charge in [0.25, 0.3) is 0 Å². The summed E-state index contributed by atoms with van der Waals surface area (Å²) in [6.07, 6.45) is 0. The summed E-state index contributed by atoms with van der Waals surface area (Å²) in [4.78, 5) is 0. The zero-order valence-corrected chi connectivity index (χ0v) is 12.7. The summed E-state index contributed by atoms with van der Waals surface area (Å²) in [7, 11) is 0. The van der Waals surface area contributed by atoms with E-state index in [1.807, 2.05) is 25.1 Å². The van der Waals surface area contributed by atoms with Gasteiger partial charge in [0.15, 0.2) is 5.82 Å². The molecule has 2 aromatic carbocycles. The number of tetrazole rings is 1. The van der Waals surface area contributed by atoms with Crippen LogP contribution in [0, 0.1) is 12.7 Å². The minimum absolute atomic E-state index is 0.0625. The van der Waals surface area contributed by atoms with E-state index in [1.165, 1.54) is 12.1 Å². The lowest BCUT2D eigenvalue weighted by molar-refractivity contribution is 0.632. The van der Waals surface area contributed by atoms with Gasteiger partial charge in [-0.05, 0) is 59.3 Å². The second kappa shape index (κ2) is 5.25. The van der Waals surface area contributed by atoms with Gasteiger partial charge in [0.2, 0.25) is 0 Å². The Morgan fingerprint density at radius 1 is 1.19 bits per heavy atom. The van der Waals surface area contributed by atoms with Crippen molar-refractivity contribution in [3.63, 3.8) is 0 Å². The minimum atomic E-state index is -0.462. The predicted molar refractivity (Wildman–Crippen MR) is 81.4 cm³/mol. The predicted octanol–water partition coefficient (Wildman–Crippen LogP) is 3.12. The highest BCUT2D eigenvalue weighted by atomic mass is 79.9. The molecule has 5 nitrogen and oxygen atoms in total. The third-order valence-electron chi connectivity index (χ3n) is 3.00. The first-order valence-corrected chi connectivity index (χ1v) is 6.95. The quantitative estimate of drug-likeness (QED) is 0.723. The number of rotatable bonds is 2. The van der Waals surface area contributed by atoms with E-state index in [-0.39, 0.29) is 5.69 Å². The van der Waals surface area contributed by atoms with Crippen LogP contribution in [0.25, 0.3) is 17.1 Å². The molecule has 0 unspecified atom stereocenters. The number of hydrogen-bond acceptors (Lipinski definition) is 4. The van der Waals surface area contributed by atoms with Crippen molar-refractivity contribution >= 4 is 21.6 Å². The van der Waals surface area contributed by atoms with E-state index >= 15 is 0 Å². The smallest absolute Gasteiger partial charge is 0.187 e. The maximum absolute atomic E-state index is 13.3. The Hall–Kier alpha value is -2.28. The van der Waals surface area contributed by atoms with Gasteiger partial charge in [0.05, 0.1) is 11.4 Å². The van der Waals surface area contributed by atoms with Gasteiger partial charge in [-0.2, -0.15) is 4.68 Å². The second-order valence-corrected chi connectivity index (χ2v) is 5.55. The van der Waals surface area contributed by atoms with Gasteiger partial charge >= 0.3 is 0 Å². The Morgan fingerprint density at radius 3 is 2.71 bits per heavy atom. The van der Waals surface area contributed by atoms with Crippen molar-refractivity contribution in [2.75, 3.05) is 5.73 Å². The molecule has 2 N–H and O–H groups in total. The van der Waals surface area contributed by atoms with Gasteiger partial charge in [-0.1, -0.05) is 15.9 Å². The number of nitrogens with two attached hydrogens (primary N) is 1. The zero-order valence-electron chi connectivity index (χ0n) is 11.1. The number of nitrogen functional groups attached to an aromatic ring is 1. The first kappa shape index (κ1) is 13.7. The van der Waals surface area contributed by atoms with E-state index in [4.69, 9.17) is 5.73 Å². The summed E-state index contributed by atoms with van der Waals surface area (Å²) in [6.45, 7) is 1.98. The molecule has 0 atom stereocenters. The van der Waals surface area contributed by atoms with Crippen LogP contribution in [0.5, 0.6) is 0 Å². The molecule has 106 valence electrons. The van der Waals surface area contributed by atoms with Gasteiger partial charge < -0.3 is 5.73 Å². The molecule has 0 fully saturated rings. The molecule has 7 heteroatoms. The summed E-state index contributed by atoms with van der Waals surface area (Å²) in [6, 6.07) is 10.3. The third kappa shape index (κ3) is 2.64. The van der Waals surface area contributed by atoms with Crippen LogP contribution in [-0.4, -0.2) is 20.2 Å². The van der Waals surface area contributed by atoms with Crippen LogP contribution >= 0.6 is 15.9 Å². The topological polar surface area (TPSA) is 69.6 Å². The average Bonchev–Trinajstić information content (AvgIpc) is 2.90. The molecular weight excluding hydrogens is 337 g/mol. The van der Waals surface area contributed by atoms with Crippen LogP contribution in [0.1, 0.15) is 5.56 Å². The summed E-state index contributed by atoms with van der Waals surface area (Å²) >= 11 is 3.45. The molecule has 21 heavy (non-hydrogen) atoms. The van der Waals surface area contributed by atoms with E-state index < -0.39 is 5.82 Å². The highest BCUT2D eigenvalue weighted by Gasteiger charge is 2.13. The van der Waals surface area contributed by atoms with Crippen molar-refractivity contribution in [2.45, 2.75) is 6.92 Å². The Labute approximate surface area is 128 Å². The Bertz CT molecular complexity index is 795. The largest absolute Gasteiger partial charge is 0.396 e. The van der Waals surface area contributed by atoms with E-state index in [2.05, 4.69) is 31.5 Å². The van der Waals surface area contributed by atoms with Crippen molar-refractivity contribution in [2.24, 2.45) is 0 Å². The normalized spacial score (nSPS) is 10.8. The van der Waals surface area contributed by atoms with Crippen molar-refractivity contribution < 1.29 is 4.39 Å². The number of benzene rings is 2. The monoisotopic (exact) mass is 347 g/mol. The molecule has 0 bridgehead atoms. The van der Waals surface area contributed by atoms with E-state index in [0.29, 0.717) is 11.4 Å². The number of nitrogens with zero attached hydrogens (tertiary/aromatic N) is 4. The zero-order chi connectivity index (χ0) is 15.0. The van der Waals surface area contributed by atoms with Gasteiger partial charge in [0, 0.05) is 10.0 Å². The number of aromatic nitrogens is 4. The molecular formula is C14H11BrFN5. The molecule has 0 saturated carbocycles. The molecule has 0 aliphatic carbocycles. The molecule has 1 aromatic heterocycles. The molecule has 3 aromatic rings. The Kier molecular flexibility index (Phi) is 3.42. The van der Waals surface area contributed by atoms with Crippen molar-refractivity contribution in [3.05, 3.63) is 52.3 Å². The summed E-state index contributed by atoms with van der Waals surface area (Å²) in [5.74, 6) is 0.0373. The highest BCUT2D eigenvalue weighted by Crippen LogP contribution is 2.25. The van der Waals surface area contributed by atoms with Gasteiger partial charge in [-0.15, -0.1) is 5.10 Å². The van der Waals surface area contributed by atoms with Crippen molar-refractivity contribution in [1.29, 1.82) is 0 Å². The minimum Gasteiger partial charge on any atom is -0.396 e. The third-order valence-corrected chi connectivity index (χ3v) is 3.45. The molecule has 0 aliphatic rings. The van der Waals surface area contributed by atoms with Gasteiger partial charge in [-0.3, -0.25) is 0 Å². The first-order chi connectivity index (χ1) is 10.0. The fourth-order valence-corrected chi connectivity index (χ4v) is 2.66. The molecule has 3 rings (SSSR count). The first-order valence-electron chi connectivity index (χ1n) is 6.16. The van der Waals surface area contributed by atoms with Gasteiger partial charge in [-0.25, -0.2) is 4.39 Å². The van der Waals surface area contributed by atoms with Crippen LogP contribution in [-0.2, 0) is 0 Å². The van der Waals surface area contributed by atoms with Crippen LogP contribution < -0.4 is 5.73 Å². The maximum Gasteiger partial charge on any atom is 0.187 e. The average molecular weight is 348 g/mol. The summed E-state index contributed by atoms with van der Waals surface area (Å²) in [5, 5.41) is 11.7. The molecule has 0 aliphatic heterocycles. The molecule has 0 spiro atoms. The maximum atomic E-state index is 13.3. The van der Waals surface area contributed by atoms with Crippen LogP contribution in [0.3, 0.4) is 0 Å². The molecule has 0 amide bonds. The van der Waals surface area contributed by atoms with Crippen LogP contribution in [0.15, 0.2) is 40.9 Å². The van der Waals surface area contributed by atoms with E-state index in [9.17, 15) is 4.39 Å². The lowest BCUT2D eigenvalue weighted by atomic mass is 10.1. The summed E-state index contributed by atoms with van der Waals surface area (Å²) < 4.78 is 15.8. The number of aryl methyl sites for hydroxylation is 1. The SMILES string of the molecule is Cc1cc(Br)cc(-n2nnnc2-c2ccc(F)c(N)c2)c1. The van der Waals surface area contributed by atoms with E-state index in [1.54, 1.807) is 10.7 Å². The molecule has 0 radical (unpaired) electrons. The van der Waals surface area contributed by atoms with Crippen molar-refractivity contribution in [1.82, 2.24) is 20.2 Å².